The van der Waals surface area contributed by atoms with Crippen LogP contribution in [-0.2, 0) is 11.8 Å². The van der Waals surface area contributed by atoms with Crippen LogP contribution in [0.5, 0.6) is 5.75 Å². The number of amides is 2. The summed E-state index contributed by atoms with van der Waals surface area (Å²) in [7, 11) is 1.71. The maximum Gasteiger partial charge on any atom is 0.336 e. The van der Waals surface area contributed by atoms with E-state index in [2.05, 4.69) is 26.8 Å². The number of aromatic nitrogens is 1. The number of hydrogen-bond acceptors (Lipinski definition) is 5. The van der Waals surface area contributed by atoms with Crippen LogP contribution in [0, 0.1) is 0 Å². The van der Waals surface area contributed by atoms with Gasteiger partial charge in [-0.05, 0) is 40.2 Å². The molecule has 2 heterocycles. The Morgan fingerprint density at radius 2 is 1.96 bits per heavy atom. The van der Waals surface area contributed by atoms with Gasteiger partial charge in [0.25, 0.3) is 11.8 Å². The minimum Gasteiger partial charge on any atom is -0.484 e. The largest absolute Gasteiger partial charge is 0.484 e. The lowest BCUT2D eigenvalue weighted by molar-refractivity contribution is -0.123. The van der Waals surface area contributed by atoms with Gasteiger partial charge in [0.2, 0.25) is 0 Å². The van der Waals surface area contributed by atoms with E-state index in [1.165, 1.54) is 12.1 Å². The molecule has 26 heavy (non-hydrogen) atoms. The first-order valence-corrected chi connectivity index (χ1v) is 8.29. The molecule has 3 aromatic rings. The van der Waals surface area contributed by atoms with Crippen molar-refractivity contribution in [3.05, 3.63) is 63.2 Å². The van der Waals surface area contributed by atoms with E-state index in [1.54, 1.807) is 42.1 Å². The summed E-state index contributed by atoms with van der Waals surface area (Å²) in [4.78, 5) is 35.0. The predicted molar refractivity (Wildman–Crippen MR) is 96.7 cm³/mol. The third kappa shape index (κ3) is 4.12. The molecule has 0 saturated heterocycles. The molecule has 0 aliphatic carbocycles. The summed E-state index contributed by atoms with van der Waals surface area (Å²) in [5, 5.41) is 0.738. The summed E-state index contributed by atoms with van der Waals surface area (Å²) < 4.78 is 12.8. The van der Waals surface area contributed by atoms with Crippen molar-refractivity contribution < 1.29 is 18.7 Å². The van der Waals surface area contributed by atoms with Gasteiger partial charge in [-0.2, -0.15) is 0 Å². The number of hydrogen-bond donors (Lipinski definition) is 2. The zero-order valence-electron chi connectivity index (χ0n) is 13.6. The highest BCUT2D eigenvalue weighted by molar-refractivity contribution is 9.10. The molecule has 9 heteroatoms. The van der Waals surface area contributed by atoms with Crippen LogP contribution < -0.4 is 21.2 Å². The van der Waals surface area contributed by atoms with E-state index >= 15 is 0 Å². The van der Waals surface area contributed by atoms with Gasteiger partial charge in [0.15, 0.2) is 6.61 Å². The number of fused-ring (bicyclic) bond motifs is 1. The number of hydrazine groups is 1. The summed E-state index contributed by atoms with van der Waals surface area (Å²) in [5.74, 6) is -0.639. The number of nitrogens with zero attached hydrogens (tertiary/aromatic N) is 1. The van der Waals surface area contributed by atoms with Gasteiger partial charge < -0.3 is 13.7 Å². The maximum atomic E-state index is 12.0. The van der Waals surface area contributed by atoms with Crippen LogP contribution >= 0.6 is 15.9 Å². The SMILES string of the molecule is Cn1cc(Br)cc1C(=O)NNC(=O)COc1ccc2ccc(=O)oc2c1. The van der Waals surface area contributed by atoms with Gasteiger partial charge in [-0.3, -0.25) is 20.4 Å². The Labute approximate surface area is 155 Å². The van der Waals surface area contributed by atoms with Crippen molar-refractivity contribution in [3.63, 3.8) is 0 Å². The van der Waals surface area contributed by atoms with E-state index in [1.807, 2.05) is 0 Å². The Morgan fingerprint density at radius 3 is 2.69 bits per heavy atom. The molecule has 8 nitrogen and oxygen atoms in total. The third-order valence-electron chi connectivity index (χ3n) is 3.48. The number of ether oxygens (including phenoxy) is 1. The highest BCUT2D eigenvalue weighted by atomic mass is 79.9. The Bertz CT molecular complexity index is 1040. The predicted octanol–water partition coefficient (Wildman–Crippen LogP) is 1.73. The lowest BCUT2D eigenvalue weighted by Gasteiger charge is -2.09. The van der Waals surface area contributed by atoms with Gasteiger partial charge in [-0.25, -0.2) is 4.79 Å². The van der Waals surface area contributed by atoms with Crippen molar-refractivity contribution in [1.29, 1.82) is 0 Å². The molecule has 0 aliphatic rings. The second-order valence-corrected chi connectivity index (χ2v) is 6.32. The molecule has 134 valence electrons. The molecule has 3 rings (SSSR count). The summed E-state index contributed by atoms with van der Waals surface area (Å²) in [6.45, 7) is -0.320. The summed E-state index contributed by atoms with van der Waals surface area (Å²) >= 11 is 3.27. The zero-order chi connectivity index (χ0) is 18.7. The Kier molecular flexibility index (Phi) is 5.08. The summed E-state index contributed by atoms with van der Waals surface area (Å²) in [5.41, 5.74) is 4.84. The Balaban J connectivity index is 1.55. The average Bonchev–Trinajstić information content (AvgIpc) is 2.95. The van der Waals surface area contributed by atoms with Crippen molar-refractivity contribution in [3.8, 4) is 5.75 Å². The summed E-state index contributed by atoms with van der Waals surface area (Å²) in [6.07, 6.45) is 1.72. The third-order valence-corrected chi connectivity index (χ3v) is 3.92. The monoisotopic (exact) mass is 419 g/mol. The number of rotatable bonds is 4. The smallest absolute Gasteiger partial charge is 0.336 e. The van der Waals surface area contributed by atoms with Crippen LogP contribution in [0.1, 0.15) is 10.5 Å². The average molecular weight is 420 g/mol. The van der Waals surface area contributed by atoms with Crippen molar-refractivity contribution in [2.24, 2.45) is 7.05 Å². The van der Waals surface area contributed by atoms with Crippen molar-refractivity contribution in [2.45, 2.75) is 0 Å². The Morgan fingerprint density at radius 1 is 1.19 bits per heavy atom. The van der Waals surface area contributed by atoms with Gasteiger partial charge in [0, 0.05) is 35.2 Å². The van der Waals surface area contributed by atoms with Gasteiger partial charge in [-0.15, -0.1) is 0 Å². The van der Waals surface area contributed by atoms with E-state index in [4.69, 9.17) is 9.15 Å². The minimum atomic E-state index is -0.541. The molecule has 0 spiro atoms. The van der Waals surface area contributed by atoms with Gasteiger partial charge in [-0.1, -0.05) is 0 Å². The van der Waals surface area contributed by atoms with E-state index < -0.39 is 17.4 Å². The van der Waals surface area contributed by atoms with Gasteiger partial charge in [0.05, 0.1) is 0 Å². The van der Waals surface area contributed by atoms with E-state index in [-0.39, 0.29) is 6.61 Å². The number of aryl methyl sites for hydroxylation is 1. The fraction of sp³-hybridized carbons (Fsp3) is 0.118. The molecule has 0 radical (unpaired) electrons. The highest BCUT2D eigenvalue weighted by Gasteiger charge is 2.12. The molecule has 0 bridgehead atoms. The minimum absolute atomic E-state index is 0.320. The molecule has 0 fully saturated rings. The van der Waals surface area contributed by atoms with E-state index in [9.17, 15) is 14.4 Å². The van der Waals surface area contributed by atoms with Crippen molar-refractivity contribution in [1.82, 2.24) is 15.4 Å². The number of halogens is 1. The van der Waals surface area contributed by atoms with E-state index in [0.717, 1.165) is 9.86 Å². The Hall–Kier alpha value is -3.07. The lowest BCUT2D eigenvalue weighted by Crippen LogP contribution is -2.44. The molecular weight excluding hydrogens is 406 g/mol. The summed E-state index contributed by atoms with van der Waals surface area (Å²) in [6, 6.07) is 9.46. The fourth-order valence-corrected chi connectivity index (χ4v) is 2.78. The molecule has 0 saturated carbocycles. The quantitative estimate of drug-likeness (QED) is 0.495. The van der Waals surface area contributed by atoms with Crippen LogP contribution in [0.25, 0.3) is 11.0 Å². The fourth-order valence-electron chi connectivity index (χ4n) is 2.26. The van der Waals surface area contributed by atoms with E-state index in [0.29, 0.717) is 17.0 Å². The van der Waals surface area contributed by atoms with Gasteiger partial charge in [0.1, 0.15) is 17.0 Å². The van der Waals surface area contributed by atoms with Crippen LogP contribution in [0.2, 0.25) is 0 Å². The van der Waals surface area contributed by atoms with Crippen LogP contribution in [0.3, 0.4) is 0 Å². The zero-order valence-corrected chi connectivity index (χ0v) is 15.2. The normalized spacial score (nSPS) is 10.5. The highest BCUT2D eigenvalue weighted by Crippen LogP contribution is 2.19. The number of carbonyl (C=O) groups is 2. The van der Waals surface area contributed by atoms with Crippen molar-refractivity contribution >= 4 is 38.7 Å². The first kappa shape index (κ1) is 17.7. The molecular formula is C17H14BrN3O5. The number of benzene rings is 1. The maximum absolute atomic E-state index is 12.0. The standard InChI is InChI=1S/C17H14BrN3O5/c1-21-8-11(18)6-13(21)17(24)20-19-15(22)9-25-12-4-2-10-3-5-16(23)26-14(10)7-12/h2-8H,9H2,1H3,(H,19,22)(H,20,24). The molecule has 2 amide bonds. The second-order valence-electron chi connectivity index (χ2n) is 5.40. The van der Waals surface area contributed by atoms with Crippen LogP contribution in [0.15, 0.2) is 56.3 Å². The molecule has 0 unspecified atom stereocenters. The molecule has 0 atom stereocenters. The molecule has 2 N–H and O–H groups in total. The number of carbonyl (C=O) groups excluding carboxylic acids is 2. The lowest BCUT2D eigenvalue weighted by atomic mass is 10.2. The topological polar surface area (TPSA) is 103 Å². The van der Waals surface area contributed by atoms with Crippen LogP contribution in [0.4, 0.5) is 0 Å². The molecule has 2 aromatic heterocycles. The van der Waals surface area contributed by atoms with Gasteiger partial charge >= 0.3 is 5.63 Å². The second kappa shape index (κ2) is 7.44. The van der Waals surface area contributed by atoms with Crippen LogP contribution in [-0.4, -0.2) is 23.0 Å². The first-order chi connectivity index (χ1) is 12.4. The van der Waals surface area contributed by atoms with Crippen molar-refractivity contribution in [2.75, 3.05) is 6.61 Å². The number of nitrogens with one attached hydrogen (secondary N) is 2. The molecule has 1 aromatic carbocycles. The first-order valence-electron chi connectivity index (χ1n) is 7.50. The molecule has 0 aliphatic heterocycles.